The van der Waals surface area contributed by atoms with E-state index in [1.807, 2.05) is 0 Å². The number of halogens is 6. The predicted octanol–water partition coefficient (Wildman–Crippen LogP) is 5.59. The molecule has 30 heavy (non-hydrogen) atoms. The van der Waals surface area contributed by atoms with Gasteiger partial charge in [-0.15, -0.1) is 0 Å². The van der Waals surface area contributed by atoms with Crippen molar-refractivity contribution in [2.75, 3.05) is 13.1 Å². The lowest BCUT2D eigenvalue weighted by Crippen LogP contribution is -2.36. The van der Waals surface area contributed by atoms with Crippen molar-refractivity contribution in [1.29, 1.82) is 0 Å². The number of ether oxygens (including phenoxy) is 2. The van der Waals surface area contributed by atoms with E-state index in [4.69, 9.17) is 21.1 Å². The largest absolute Gasteiger partial charge is 0.472 e. The van der Waals surface area contributed by atoms with Crippen molar-refractivity contribution in [3.63, 3.8) is 0 Å². The van der Waals surface area contributed by atoms with Crippen LogP contribution < -0.4 is 4.74 Å². The molecule has 6 nitrogen and oxygen atoms in total. The normalized spacial score (nSPS) is 17.5. The van der Waals surface area contributed by atoms with Gasteiger partial charge in [-0.05, 0) is 54.4 Å². The lowest BCUT2D eigenvalue weighted by Gasteiger charge is -2.24. The van der Waals surface area contributed by atoms with E-state index in [0.29, 0.717) is 19.0 Å². The Bertz CT molecular complexity index is 998. The SMILES string of the molecule is CC(C)(C)OC(=O)N1CCC(Oc2nc(Cl)nc3c(F)c(Br)c(C(F)(F)F)cc23)C1. The van der Waals surface area contributed by atoms with Gasteiger partial charge in [0.25, 0.3) is 0 Å². The van der Waals surface area contributed by atoms with Crippen LogP contribution in [0.15, 0.2) is 10.5 Å². The minimum atomic E-state index is -4.81. The van der Waals surface area contributed by atoms with Crippen molar-refractivity contribution in [2.24, 2.45) is 0 Å². The van der Waals surface area contributed by atoms with E-state index in [0.717, 1.165) is 0 Å². The summed E-state index contributed by atoms with van der Waals surface area (Å²) < 4.78 is 64.7. The second kappa shape index (κ2) is 7.99. The van der Waals surface area contributed by atoms with Gasteiger partial charge in [0.15, 0.2) is 5.82 Å². The number of hydrogen-bond acceptors (Lipinski definition) is 5. The molecule has 1 amide bonds. The first-order chi connectivity index (χ1) is 13.8. The average molecular weight is 515 g/mol. The molecule has 12 heteroatoms. The number of benzene rings is 1. The molecule has 0 saturated carbocycles. The average Bonchev–Trinajstić information content (AvgIpc) is 3.04. The molecular formula is C18H17BrClF4N3O3. The fraction of sp³-hybridized carbons (Fsp3) is 0.500. The molecule has 0 radical (unpaired) electrons. The Labute approximate surface area is 182 Å². The number of nitrogens with zero attached hydrogens (tertiary/aromatic N) is 3. The number of alkyl halides is 3. The minimum absolute atomic E-state index is 0.128. The van der Waals surface area contributed by atoms with Gasteiger partial charge in [-0.25, -0.2) is 14.2 Å². The van der Waals surface area contributed by atoms with Crippen molar-refractivity contribution in [3.05, 3.63) is 27.2 Å². The quantitative estimate of drug-likeness (QED) is 0.386. The predicted molar refractivity (Wildman–Crippen MR) is 104 cm³/mol. The van der Waals surface area contributed by atoms with E-state index in [1.54, 1.807) is 20.8 Å². The summed E-state index contributed by atoms with van der Waals surface area (Å²) in [5, 5.41) is -0.659. The zero-order valence-corrected chi connectivity index (χ0v) is 18.5. The molecular weight excluding hydrogens is 498 g/mol. The molecule has 164 valence electrons. The summed E-state index contributed by atoms with van der Waals surface area (Å²) in [6.07, 6.45) is -5.56. The van der Waals surface area contributed by atoms with E-state index < -0.39 is 45.3 Å². The van der Waals surface area contributed by atoms with Gasteiger partial charge >= 0.3 is 12.3 Å². The summed E-state index contributed by atoms with van der Waals surface area (Å²) in [6.45, 7) is 5.64. The van der Waals surface area contributed by atoms with Crippen molar-refractivity contribution in [3.8, 4) is 5.88 Å². The number of hydrogen-bond donors (Lipinski definition) is 0. The summed E-state index contributed by atoms with van der Waals surface area (Å²) >= 11 is 8.45. The topological polar surface area (TPSA) is 64.5 Å². The van der Waals surface area contributed by atoms with Crippen molar-refractivity contribution in [1.82, 2.24) is 14.9 Å². The van der Waals surface area contributed by atoms with Gasteiger partial charge in [0, 0.05) is 13.0 Å². The number of carbonyl (C=O) groups is 1. The molecule has 0 N–H and O–H groups in total. The maximum absolute atomic E-state index is 14.6. The molecule has 1 fully saturated rings. The molecule has 1 aromatic heterocycles. The highest BCUT2D eigenvalue weighted by Crippen LogP contribution is 2.41. The molecule has 2 aromatic rings. The van der Waals surface area contributed by atoms with E-state index in [9.17, 15) is 22.4 Å². The van der Waals surface area contributed by atoms with E-state index in [-0.39, 0.29) is 23.1 Å². The lowest BCUT2D eigenvalue weighted by molar-refractivity contribution is -0.138. The van der Waals surface area contributed by atoms with Crippen LogP contribution in [-0.4, -0.2) is 45.8 Å². The van der Waals surface area contributed by atoms with Gasteiger partial charge in [-0.3, -0.25) is 0 Å². The molecule has 0 aliphatic carbocycles. The number of aromatic nitrogens is 2. The number of fused-ring (bicyclic) bond motifs is 1. The summed E-state index contributed by atoms with van der Waals surface area (Å²) in [5.41, 5.74) is -2.32. The van der Waals surface area contributed by atoms with Gasteiger partial charge in [0.2, 0.25) is 11.2 Å². The highest BCUT2D eigenvalue weighted by atomic mass is 79.9. The van der Waals surface area contributed by atoms with Crippen LogP contribution in [0.5, 0.6) is 5.88 Å². The summed E-state index contributed by atoms with van der Waals surface area (Å²) in [6, 6.07) is 0.703. The minimum Gasteiger partial charge on any atom is -0.472 e. The molecule has 1 aliphatic rings. The molecule has 1 saturated heterocycles. The van der Waals surface area contributed by atoms with E-state index >= 15 is 0 Å². The maximum atomic E-state index is 14.6. The highest BCUT2D eigenvalue weighted by Gasteiger charge is 2.37. The first-order valence-electron chi connectivity index (χ1n) is 8.83. The van der Waals surface area contributed by atoms with Crippen LogP contribution >= 0.6 is 27.5 Å². The van der Waals surface area contributed by atoms with E-state index in [2.05, 4.69) is 25.9 Å². The Balaban J connectivity index is 1.91. The molecule has 1 aromatic carbocycles. The van der Waals surface area contributed by atoms with Crippen LogP contribution in [0.25, 0.3) is 10.9 Å². The molecule has 1 atom stereocenters. The Hall–Kier alpha value is -1.88. The fourth-order valence-corrected chi connectivity index (χ4v) is 3.61. The zero-order valence-electron chi connectivity index (χ0n) is 16.1. The van der Waals surface area contributed by atoms with Gasteiger partial charge in [-0.1, -0.05) is 0 Å². The molecule has 2 heterocycles. The third kappa shape index (κ3) is 4.88. The number of likely N-dealkylation sites (tertiary alicyclic amines) is 1. The van der Waals surface area contributed by atoms with E-state index in [1.165, 1.54) is 4.90 Å². The molecule has 0 spiro atoms. The number of rotatable bonds is 2. The first-order valence-corrected chi connectivity index (χ1v) is 10.0. The number of carbonyl (C=O) groups excluding carboxylic acids is 1. The van der Waals surface area contributed by atoms with Crippen LogP contribution in [0.1, 0.15) is 32.8 Å². The van der Waals surface area contributed by atoms with Crippen molar-refractivity contribution in [2.45, 2.75) is 45.1 Å². The fourth-order valence-electron chi connectivity index (χ4n) is 2.92. The first kappa shape index (κ1) is 22.8. The van der Waals surface area contributed by atoms with Crippen LogP contribution in [0, 0.1) is 5.82 Å². The van der Waals surface area contributed by atoms with Crippen molar-refractivity contribution >= 4 is 44.5 Å². The molecule has 3 rings (SSSR count). The molecule has 0 bridgehead atoms. The van der Waals surface area contributed by atoms with Crippen LogP contribution in [0.4, 0.5) is 22.4 Å². The van der Waals surface area contributed by atoms with Crippen LogP contribution in [0.2, 0.25) is 5.28 Å². The van der Waals surface area contributed by atoms with Gasteiger partial charge in [0.1, 0.15) is 17.2 Å². The highest BCUT2D eigenvalue weighted by molar-refractivity contribution is 9.10. The third-order valence-electron chi connectivity index (χ3n) is 4.19. The Morgan fingerprint density at radius 2 is 1.97 bits per heavy atom. The third-order valence-corrected chi connectivity index (χ3v) is 5.13. The summed E-state index contributed by atoms with van der Waals surface area (Å²) in [7, 11) is 0. The zero-order chi connectivity index (χ0) is 22.4. The Morgan fingerprint density at radius 3 is 2.57 bits per heavy atom. The summed E-state index contributed by atoms with van der Waals surface area (Å²) in [5.74, 6) is -1.52. The Morgan fingerprint density at radius 1 is 1.30 bits per heavy atom. The van der Waals surface area contributed by atoms with Crippen LogP contribution in [-0.2, 0) is 10.9 Å². The second-order valence-corrected chi connectivity index (χ2v) is 8.83. The van der Waals surface area contributed by atoms with Crippen molar-refractivity contribution < 1.29 is 31.8 Å². The molecule has 1 aliphatic heterocycles. The standard InChI is InChI=1S/C18H17BrClF4N3O3/c1-17(2,3)30-16(28)27-5-4-8(7-27)29-14-9-6-10(18(22,23)24)11(19)12(21)13(9)25-15(20)26-14/h6,8H,4-5,7H2,1-3H3. The van der Waals surface area contributed by atoms with Gasteiger partial charge in [0.05, 0.1) is 22.0 Å². The summed E-state index contributed by atoms with van der Waals surface area (Å²) in [4.78, 5) is 21.1. The van der Waals surface area contributed by atoms with Gasteiger partial charge in [-0.2, -0.15) is 18.2 Å². The number of amides is 1. The molecule has 1 unspecified atom stereocenters. The monoisotopic (exact) mass is 513 g/mol. The lowest BCUT2D eigenvalue weighted by atomic mass is 10.1. The van der Waals surface area contributed by atoms with Crippen LogP contribution in [0.3, 0.4) is 0 Å². The van der Waals surface area contributed by atoms with Gasteiger partial charge < -0.3 is 14.4 Å². The smallest absolute Gasteiger partial charge is 0.417 e. The second-order valence-electron chi connectivity index (χ2n) is 7.70. The maximum Gasteiger partial charge on any atom is 0.417 e. The Kier molecular flexibility index (Phi) is 6.07.